The summed E-state index contributed by atoms with van der Waals surface area (Å²) in [5.41, 5.74) is 4.71. The van der Waals surface area contributed by atoms with E-state index in [1.165, 1.54) is 31.2 Å². The van der Waals surface area contributed by atoms with Crippen molar-refractivity contribution in [1.82, 2.24) is 0 Å². The van der Waals surface area contributed by atoms with Gasteiger partial charge < -0.3 is 0 Å². The van der Waals surface area contributed by atoms with Crippen LogP contribution in [0, 0.1) is 6.92 Å². The maximum Gasteiger partial charge on any atom is -0.0273 e. The van der Waals surface area contributed by atoms with Gasteiger partial charge in [-0.2, -0.15) is 0 Å². The van der Waals surface area contributed by atoms with Gasteiger partial charge in [-0.25, -0.2) is 0 Å². The van der Waals surface area contributed by atoms with Crippen LogP contribution < -0.4 is 0 Å². The summed E-state index contributed by atoms with van der Waals surface area (Å²) in [5, 5.41) is 0. The summed E-state index contributed by atoms with van der Waals surface area (Å²) in [4.78, 5) is 0. The Morgan fingerprint density at radius 3 is 2.46 bits per heavy atom. The zero-order valence-corrected chi connectivity index (χ0v) is 8.47. The summed E-state index contributed by atoms with van der Waals surface area (Å²) < 4.78 is 0. The SMILES string of the molecule is C=C.Cc1cccc2c1CCCC2. The lowest BCUT2D eigenvalue weighted by atomic mass is 9.89. The summed E-state index contributed by atoms with van der Waals surface area (Å²) in [5.74, 6) is 0. The maximum absolute atomic E-state index is 3.00. The molecule has 0 saturated carbocycles. The monoisotopic (exact) mass is 174 g/mol. The fourth-order valence-electron chi connectivity index (χ4n) is 1.97. The molecule has 1 aliphatic rings. The van der Waals surface area contributed by atoms with Crippen LogP contribution in [0.2, 0.25) is 0 Å². The molecule has 0 amide bonds. The molecule has 1 aromatic rings. The summed E-state index contributed by atoms with van der Waals surface area (Å²) in [7, 11) is 0. The van der Waals surface area contributed by atoms with Crippen molar-refractivity contribution in [2.75, 3.05) is 0 Å². The number of hydrogen-bond donors (Lipinski definition) is 0. The molecule has 0 saturated heterocycles. The largest absolute Gasteiger partial charge is 0.106 e. The first-order chi connectivity index (χ1) is 6.38. The number of aryl methyl sites for hydroxylation is 2. The van der Waals surface area contributed by atoms with Gasteiger partial charge in [-0.3, -0.25) is 0 Å². The fraction of sp³-hybridized carbons (Fsp3) is 0.385. The van der Waals surface area contributed by atoms with E-state index in [-0.39, 0.29) is 0 Å². The molecule has 0 nitrogen and oxygen atoms in total. The number of fused-ring (bicyclic) bond motifs is 1. The van der Waals surface area contributed by atoms with E-state index in [0.717, 1.165) is 0 Å². The third-order valence-corrected chi connectivity index (χ3v) is 2.63. The van der Waals surface area contributed by atoms with Crippen LogP contribution in [0.5, 0.6) is 0 Å². The minimum Gasteiger partial charge on any atom is -0.106 e. The first-order valence-corrected chi connectivity index (χ1v) is 4.95. The van der Waals surface area contributed by atoms with E-state index >= 15 is 0 Å². The van der Waals surface area contributed by atoms with Crippen LogP contribution in [-0.2, 0) is 12.8 Å². The molecule has 1 aliphatic carbocycles. The van der Waals surface area contributed by atoms with E-state index < -0.39 is 0 Å². The van der Waals surface area contributed by atoms with Gasteiger partial charge >= 0.3 is 0 Å². The number of hydrogen-bond acceptors (Lipinski definition) is 0. The third kappa shape index (κ3) is 2.21. The second-order valence-corrected chi connectivity index (χ2v) is 3.42. The zero-order valence-electron chi connectivity index (χ0n) is 8.47. The number of benzene rings is 1. The molecule has 0 bridgehead atoms. The van der Waals surface area contributed by atoms with E-state index in [4.69, 9.17) is 0 Å². The van der Waals surface area contributed by atoms with Crippen LogP contribution in [0.25, 0.3) is 0 Å². The van der Waals surface area contributed by atoms with Gasteiger partial charge in [0, 0.05) is 0 Å². The lowest BCUT2D eigenvalue weighted by molar-refractivity contribution is 0.682. The highest BCUT2D eigenvalue weighted by Gasteiger charge is 2.09. The Morgan fingerprint density at radius 2 is 1.77 bits per heavy atom. The van der Waals surface area contributed by atoms with Crippen molar-refractivity contribution in [1.29, 1.82) is 0 Å². The quantitative estimate of drug-likeness (QED) is 0.526. The fourth-order valence-corrected chi connectivity index (χ4v) is 1.97. The van der Waals surface area contributed by atoms with Crippen LogP contribution >= 0.6 is 0 Å². The Morgan fingerprint density at radius 1 is 1.08 bits per heavy atom. The van der Waals surface area contributed by atoms with Crippen molar-refractivity contribution in [3.8, 4) is 0 Å². The highest BCUT2D eigenvalue weighted by Crippen LogP contribution is 2.23. The van der Waals surface area contributed by atoms with Crippen LogP contribution in [-0.4, -0.2) is 0 Å². The van der Waals surface area contributed by atoms with E-state index in [1.807, 2.05) is 0 Å². The van der Waals surface area contributed by atoms with Crippen molar-refractivity contribution in [2.45, 2.75) is 32.6 Å². The standard InChI is InChI=1S/C11H14.C2H4/c1-9-5-4-7-10-6-2-3-8-11(9)10;1-2/h4-5,7H,2-3,6,8H2,1H3;1-2H2. The molecule has 1 aromatic carbocycles. The molecular formula is C13H18. The minimum absolute atomic E-state index is 1.30. The first-order valence-electron chi connectivity index (χ1n) is 4.95. The van der Waals surface area contributed by atoms with Crippen molar-refractivity contribution in [2.24, 2.45) is 0 Å². The molecule has 13 heavy (non-hydrogen) atoms. The molecule has 0 N–H and O–H groups in total. The minimum atomic E-state index is 1.30. The zero-order chi connectivity index (χ0) is 9.68. The topological polar surface area (TPSA) is 0 Å². The molecule has 0 unspecified atom stereocenters. The van der Waals surface area contributed by atoms with Crippen LogP contribution in [0.15, 0.2) is 31.4 Å². The van der Waals surface area contributed by atoms with Gasteiger partial charge in [0.05, 0.1) is 0 Å². The van der Waals surface area contributed by atoms with Gasteiger partial charge in [0.2, 0.25) is 0 Å². The molecule has 0 atom stereocenters. The van der Waals surface area contributed by atoms with Crippen LogP contribution in [0.3, 0.4) is 0 Å². The van der Waals surface area contributed by atoms with Gasteiger partial charge in [-0.15, -0.1) is 13.2 Å². The van der Waals surface area contributed by atoms with Gasteiger partial charge in [-0.05, 0) is 49.3 Å². The normalized spacial score (nSPS) is 13.9. The second kappa shape index (κ2) is 4.86. The van der Waals surface area contributed by atoms with Crippen molar-refractivity contribution >= 4 is 0 Å². The summed E-state index contributed by atoms with van der Waals surface area (Å²) in [6, 6.07) is 6.69. The van der Waals surface area contributed by atoms with E-state index in [2.05, 4.69) is 38.3 Å². The molecule has 2 rings (SSSR count). The second-order valence-electron chi connectivity index (χ2n) is 3.42. The Balaban J connectivity index is 0.000000396. The predicted molar refractivity (Wildman–Crippen MR) is 59.1 cm³/mol. The molecule has 0 radical (unpaired) electrons. The molecular weight excluding hydrogens is 156 g/mol. The molecule has 0 heteroatoms. The van der Waals surface area contributed by atoms with Gasteiger partial charge in [-0.1, -0.05) is 18.2 Å². The Hall–Kier alpha value is -1.04. The van der Waals surface area contributed by atoms with Crippen molar-refractivity contribution in [3.63, 3.8) is 0 Å². The average molecular weight is 174 g/mol. The van der Waals surface area contributed by atoms with Crippen molar-refractivity contribution in [3.05, 3.63) is 48.0 Å². The Kier molecular flexibility index (Phi) is 3.75. The van der Waals surface area contributed by atoms with E-state index in [0.29, 0.717) is 0 Å². The highest BCUT2D eigenvalue weighted by molar-refractivity contribution is 5.35. The maximum atomic E-state index is 3.00. The van der Waals surface area contributed by atoms with Gasteiger partial charge in [0.15, 0.2) is 0 Å². The lowest BCUT2D eigenvalue weighted by Crippen LogP contribution is -2.03. The van der Waals surface area contributed by atoms with Gasteiger partial charge in [0.1, 0.15) is 0 Å². The van der Waals surface area contributed by atoms with Crippen LogP contribution in [0.4, 0.5) is 0 Å². The Labute approximate surface area is 81.3 Å². The molecule has 0 aliphatic heterocycles. The third-order valence-electron chi connectivity index (χ3n) is 2.63. The highest BCUT2D eigenvalue weighted by atomic mass is 14.1. The number of rotatable bonds is 0. The van der Waals surface area contributed by atoms with Crippen molar-refractivity contribution < 1.29 is 0 Å². The Bertz CT molecular complexity index is 273. The van der Waals surface area contributed by atoms with E-state index in [1.54, 1.807) is 11.1 Å². The molecule has 0 fully saturated rings. The van der Waals surface area contributed by atoms with Crippen LogP contribution in [0.1, 0.15) is 29.5 Å². The summed E-state index contributed by atoms with van der Waals surface area (Å²) in [6.45, 7) is 8.23. The first kappa shape index (κ1) is 10.0. The summed E-state index contributed by atoms with van der Waals surface area (Å²) >= 11 is 0. The van der Waals surface area contributed by atoms with E-state index in [9.17, 15) is 0 Å². The lowest BCUT2D eigenvalue weighted by Gasteiger charge is -2.17. The smallest absolute Gasteiger partial charge is 0.0273 e. The molecule has 0 heterocycles. The average Bonchev–Trinajstić information content (AvgIpc) is 2.22. The molecule has 70 valence electrons. The van der Waals surface area contributed by atoms with Gasteiger partial charge in [0.25, 0.3) is 0 Å². The molecule has 0 spiro atoms. The molecule has 0 aromatic heterocycles. The summed E-state index contributed by atoms with van der Waals surface area (Å²) in [6.07, 6.45) is 5.38. The predicted octanol–water partition coefficient (Wildman–Crippen LogP) is 3.68.